The number of amides is 3. The Bertz CT molecular complexity index is 2180. The lowest BCUT2D eigenvalue weighted by Crippen LogP contribution is -2.27. The number of carbonyl (C=O) groups excluding carboxylic acids is 2. The number of urea groups is 1. The Labute approximate surface area is 342 Å². The lowest BCUT2D eigenvalue weighted by molar-refractivity contribution is 0.0255. The Morgan fingerprint density at radius 2 is 1.50 bits per heavy atom. The van der Waals surface area contributed by atoms with Crippen LogP contribution in [0.15, 0.2) is 90.0 Å². The van der Waals surface area contributed by atoms with Crippen LogP contribution in [0.3, 0.4) is 0 Å². The quantitative estimate of drug-likeness (QED) is 0.0472. The summed E-state index contributed by atoms with van der Waals surface area (Å²) in [5, 5.41) is 13.5. The van der Waals surface area contributed by atoms with Gasteiger partial charge < -0.3 is 54.2 Å². The van der Waals surface area contributed by atoms with Crippen LogP contribution >= 0.6 is 0 Å². The second-order valence-corrected chi connectivity index (χ2v) is 15.4. The number of nitrogens with zero attached hydrogens (tertiary/aromatic N) is 1. The van der Waals surface area contributed by atoms with E-state index in [1.165, 1.54) is 14.2 Å². The van der Waals surface area contributed by atoms with Gasteiger partial charge in [-0.2, -0.15) is 0 Å². The molecule has 5 rings (SSSR count). The molecule has 1 atom stereocenters. The number of fused-ring (bicyclic) bond motifs is 1. The van der Waals surface area contributed by atoms with Gasteiger partial charge in [-0.3, -0.25) is 4.79 Å². The van der Waals surface area contributed by atoms with Gasteiger partial charge >= 0.3 is 6.03 Å². The van der Waals surface area contributed by atoms with Gasteiger partial charge in [0, 0.05) is 60.1 Å². The summed E-state index contributed by atoms with van der Waals surface area (Å²) < 4.78 is 45.9. The Morgan fingerprint density at radius 1 is 0.776 bits per heavy atom. The maximum atomic E-state index is 13.5. The molecule has 0 aliphatic carbocycles. The summed E-state index contributed by atoms with van der Waals surface area (Å²) in [6.07, 6.45) is 3.19. The lowest BCUT2D eigenvalue weighted by atomic mass is 9.86. The van der Waals surface area contributed by atoms with Gasteiger partial charge in [-0.05, 0) is 58.6 Å². The SMILES string of the molecule is COCCOCCOCCNC(=O)c1cc(Nc2cc(Oc3ccc(NC(=O)Nc4cc(C(C)(C)C)cc([S+](C)[O-])c4OC)c4ccccc34)ccn2)cc(OC)c1. The van der Waals surface area contributed by atoms with Crippen molar-refractivity contribution in [3.63, 3.8) is 0 Å². The van der Waals surface area contributed by atoms with Crippen LogP contribution in [0.2, 0.25) is 0 Å². The number of carbonyl (C=O) groups is 2. The van der Waals surface area contributed by atoms with Crippen molar-refractivity contribution >= 4 is 56.8 Å². The summed E-state index contributed by atoms with van der Waals surface area (Å²) in [4.78, 5) is 31.4. The highest BCUT2D eigenvalue weighted by Crippen LogP contribution is 2.39. The Morgan fingerprint density at radius 3 is 2.21 bits per heavy atom. The van der Waals surface area contributed by atoms with Crippen LogP contribution < -0.4 is 35.5 Å². The summed E-state index contributed by atoms with van der Waals surface area (Å²) in [7, 11) is 4.63. The Hall–Kier alpha value is -5.58. The largest absolute Gasteiger partial charge is 0.612 e. The fraction of sp³-hybridized carbons (Fsp3) is 0.326. The molecule has 0 bridgehead atoms. The highest BCUT2D eigenvalue weighted by Gasteiger charge is 2.25. The lowest BCUT2D eigenvalue weighted by Gasteiger charge is -2.23. The Kier molecular flexibility index (Phi) is 15.6. The van der Waals surface area contributed by atoms with Gasteiger partial charge in [-0.25, -0.2) is 9.78 Å². The number of methoxy groups -OCH3 is 3. The molecule has 15 heteroatoms. The van der Waals surface area contributed by atoms with Gasteiger partial charge in [0.1, 0.15) is 29.3 Å². The van der Waals surface area contributed by atoms with Crippen molar-refractivity contribution in [3.05, 3.63) is 96.2 Å². The minimum Gasteiger partial charge on any atom is -0.612 e. The molecule has 14 nitrogen and oxygen atoms in total. The van der Waals surface area contributed by atoms with Crippen molar-refractivity contribution in [2.24, 2.45) is 0 Å². The van der Waals surface area contributed by atoms with E-state index in [1.807, 2.05) is 57.2 Å². The molecular weight excluding hydrogens is 763 g/mol. The van der Waals surface area contributed by atoms with Gasteiger partial charge in [0.2, 0.25) is 0 Å². The molecule has 1 heterocycles. The third-order valence-electron chi connectivity index (χ3n) is 8.79. The first-order valence-corrected chi connectivity index (χ1v) is 20.1. The summed E-state index contributed by atoms with van der Waals surface area (Å²) in [5.74, 6) is 2.07. The zero-order valence-corrected chi connectivity index (χ0v) is 34.7. The van der Waals surface area contributed by atoms with Gasteiger partial charge in [0.05, 0.1) is 58.6 Å². The number of rotatable bonds is 19. The third kappa shape index (κ3) is 12.0. The van der Waals surface area contributed by atoms with E-state index in [-0.39, 0.29) is 11.3 Å². The molecule has 0 spiro atoms. The number of nitrogens with one attached hydrogen (secondary N) is 4. The second-order valence-electron chi connectivity index (χ2n) is 14.0. The standard InChI is InChI=1S/C43H51N5O9S/c1-43(2,3)29-24-36(40(54-6)38(25-29)58(7)51)48-42(50)47-35-12-13-37(34-11-9-8-10-33(34)35)57-31-14-15-44-39(27-31)46-30-22-28(23-32(26-30)53-5)41(49)45-16-17-55-20-21-56-19-18-52-4/h8-15,22-27H,16-21H2,1-7H3,(H,44,46)(H,45,49)(H2,47,48,50). The average Bonchev–Trinajstić information content (AvgIpc) is 3.20. The third-order valence-corrected chi connectivity index (χ3v) is 9.71. The van der Waals surface area contributed by atoms with E-state index in [2.05, 4.69) is 26.3 Å². The van der Waals surface area contributed by atoms with E-state index in [4.69, 9.17) is 28.4 Å². The van der Waals surface area contributed by atoms with Gasteiger partial charge in [0.25, 0.3) is 5.91 Å². The van der Waals surface area contributed by atoms with Crippen molar-refractivity contribution in [1.29, 1.82) is 0 Å². The number of aromatic nitrogens is 1. The maximum absolute atomic E-state index is 13.5. The number of hydrogen-bond donors (Lipinski definition) is 4. The molecule has 58 heavy (non-hydrogen) atoms. The van der Waals surface area contributed by atoms with E-state index >= 15 is 0 Å². The van der Waals surface area contributed by atoms with Crippen LogP contribution in [0.4, 0.5) is 27.7 Å². The molecule has 308 valence electrons. The van der Waals surface area contributed by atoms with E-state index in [0.29, 0.717) is 95.9 Å². The molecule has 4 aromatic carbocycles. The van der Waals surface area contributed by atoms with Crippen molar-refractivity contribution in [3.8, 4) is 23.0 Å². The molecule has 4 N–H and O–H groups in total. The first kappa shape index (κ1) is 43.5. The van der Waals surface area contributed by atoms with Crippen molar-refractivity contribution in [2.45, 2.75) is 31.1 Å². The predicted octanol–water partition coefficient (Wildman–Crippen LogP) is 7.88. The van der Waals surface area contributed by atoms with Crippen LogP contribution in [0.1, 0.15) is 36.7 Å². The van der Waals surface area contributed by atoms with Crippen LogP contribution in [-0.4, -0.2) is 88.6 Å². The summed E-state index contributed by atoms with van der Waals surface area (Å²) in [5.41, 5.74) is 2.58. The van der Waals surface area contributed by atoms with Crippen LogP contribution in [-0.2, 0) is 30.8 Å². The maximum Gasteiger partial charge on any atom is 0.323 e. The van der Waals surface area contributed by atoms with E-state index < -0.39 is 17.2 Å². The van der Waals surface area contributed by atoms with Gasteiger partial charge in [0.15, 0.2) is 10.6 Å². The monoisotopic (exact) mass is 813 g/mol. The number of anilines is 4. The zero-order chi connectivity index (χ0) is 41.7. The molecule has 0 aliphatic heterocycles. The molecule has 1 aromatic heterocycles. The number of benzene rings is 4. The molecular formula is C43H51N5O9S. The fourth-order valence-electron chi connectivity index (χ4n) is 5.84. The van der Waals surface area contributed by atoms with Crippen LogP contribution in [0.25, 0.3) is 10.8 Å². The molecule has 0 saturated carbocycles. The Balaban J connectivity index is 1.26. The number of hydrogen-bond acceptors (Lipinski definition) is 11. The zero-order valence-electron chi connectivity index (χ0n) is 33.9. The highest BCUT2D eigenvalue weighted by molar-refractivity contribution is 7.90. The van der Waals surface area contributed by atoms with Gasteiger partial charge in [-0.15, -0.1) is 0 Å². The molecule has 3 amide bonds. The van der Waals surface area contributed by atoms with E-state index in [1.54, 1.807) is 62.0 Å². The van der Waals surface area contributed by atoms with E-state index in [0.717, 1.165) is 16.3 Å². The first-order valence-electron chi connectivity index (χ1n) is 18.6. The molecule has 0 fully saturated rings. The average molecular weight is 814 g/mol. The summed E-state index contributed by atoms with van der Waals surface area (Å²) in [6, 6.07) is 22.9. The minimum atomic E-state index is -1.35. The molecule has 5 aromatic rings. The van der Waals surface area contributed by atoms with Gasteiger partial charge in [-0.1, -0.05) is 45.0 Å². The summed E-state index contributed by atoms with van der Waals surface area (Å²) >= 11 is -1.35. The summed E-state index contributed by atoms with van der Waals surface area (Å²) in [6.45, 7) is 8.68. The van der Waals surface area contributed by atoms with Crippen molar-refractivity contribution in [2.75, 3.05) is 83.1 Å². The smallest absolute Gasteiger partial charge is 0.323 e. The highest BCUT2D eigenvalue weighted by atomic mass is 32.2. The fourth-order valence-corrected chi connectivity index (χ4v) is 6.59. The number of pyridine rings is 1. The normalized spacial score (nSPS) is 11.8. The molecule has 1 unspecified atom stereocenters. The van der Waals surface area contributed by atoms with Crippen LogP contribution in [0, 0.1) is 0 Å². The first-order chi connectivity index (χ1) is 27.9. The topological polar surface area (TPSA) is 174 Å². The molecule has 0 radical (unpaired) electrons. The van der Waals surface area contributed by atoms with Crippen molar-refractivity contribution < 1.29 is 42.6 Å². The predicted molar refractivity (Wildman–Crippen MR) is 227 cm³/mol. The minimum absolute atomic E-state index is 0.265. The van der Waals surface area contributed by atoms with Crippen molar-refractivity contribution in [1.82, 2.24) is 10.3 Å². The number of ether oxygens (including phenoxy) is 6. The molecule has 0 saturated heterocycles. The molecule has 0 aliphatic rings. The second kappa shape index (κ2) is 20.7. The van der Waals surface area contributed by atoms with Crippen LogP contribution in [0.5, 0.6) is 23.0 Å². The van der Waals surface area contributed by atoms with E-state index in [9.17, 15) is 14.1 Å².